The van der Waals surface area contributed by atoms with Crippen LogP contribution < -0.4 is 11.1 Å². The molecule has 0 aliphatic rings. The van der Waals surface area contributed by atoms with Crippen LogP contribution in [0.25, 0.3) is 0 Å². The molecular weight excluding hydrogens is 333 g/mol. The highest BCUT2D eigenvalue weighted by Gasteiger charge is 2.00. The molecule has 0 aromatic rings. The van der Waals surface area contributed by atoms with Gasteiger partial charge in [-0.3, -0.25) is 4.99 Å². The summed E-state index contributed by atoms with van der Waals surface area (Å²) in [5.74, 6) is 0.999. The van der Waals surface area contributed by atoms with E-state index in [1.54, 1.807) is 7.11 Å². The van der Waals surface area contributed by atoms with Crippen molar-refractivity contribution in [1.29, 1.82) is 0 Å². The number of nitrogens with one attached hydrogen (secondary N) is 1. The summed E-state index contributed by atoms with van der Waals surface area (Å²) in [6.45, 7) is 8.80. The van der Waals surface area contributed by atoms with E-state index >= 15 is 0 Å². The molecule has 0 bridgehead atoms. The van der Waals surface area contributed by atoms with Crippen molar-refractivity contribution in [3.8, 4) is 0 Å². The quantitative estimate of drug-likeness (QED) is 0.296. The molecule has 1 unspecified atom stereocenters. The predicted octanol–water partition coefficient (Wildman–Crippen LogP) is 1.22. The van der Waals surface area contributed by atoms with Gasteiger partial charge in [0.1, 0.15) is 0 Å². The van der Waals surface area contributed by atoms with E-state index in [-0.39, 0.29) is 30.0 Å². The van der Waals surface area contributed by atoms with Gasteiger partial charge in [0.15, 0.2) is 5.96 Å². The number of nitrogens with two attached hydrogens (primary N) is 1. The predicted molar refractivity (Wildman–Crippen MR) is 82.0 cm³/mol. The summed E-state index contributed by atoms with van der Waals surface area (Å²) in [5, 5.41) is 3.03. The first-order valence-electron chi connectivity index (χ1n) is 5.69. The van der Waals surface area contributed by atoms with Gasteiger partial charge in [-0.15, -0.1) is 24.0 Å². The number of halogens is 1. The highest BCUT2D eigenvalue weighted by molar-refractivity contribution is 14.0. The van der Waals surface area contributed by atoms with Gasteiger partial charge in [-0.1, -0.05) is 13.8 Å². The molecule has 5 nitrogen and oxygen atoms in total. The monoisotopic (exact) mass is 359 g/mol. The molecule has 6 heteroatoms. The molecule has 0 fully saturated rings. The van der Waals surface area contributed by atoms with Crippen molar-refractivity contribution in [3.63, 3.8) is 0 Å². The number of hydrogen-bond acceptors (Lipinski definition) is 3. The van der Waals surface area contributed by atoms with Gasteiger partial charge in [0.05, 0.1) is 19.8 Å². The Labute approximate surface area is 122 Å². The number of hydrogen-bond donors (Lipinski definition) is 2. The second-order valence-corrected chi connectivity index (χ2v) is 4.24. The minimum Gasteiger partial charge on any atom is -0.383 e. The van der Waals surface area contributed by atoms with Crippen LogP contribution in [0.1, 0.15) is 20.8 Å². The van der Waals surface area contributed by atoms with Crippen LogP contribution in [0.4, 0.5) is 0 Å². The molecule has 0 rings (SSSR count). The van der Waals surface area contributed by atoms with Crippen LogP contribution in [0.3, 0.4) is 0 Å². The lowest BCUT2D eigenvalue weighted by molar-refractivity contribution is 0.117. The van der Waals surface area contributed by atoms with Crippen LogP contribution in [0.2, 0.25) is 0 Å². The van der Waals surface area contributed by atoms with Crippen molar-refractivity contribution in [2.45, 2.75) is 26.8 Å². The normalized spacial score (nSPS) is 13.4. The summed E-state index contributed by atoms with van der Waals surface area (Å²) >= 11 is 0. The molecule has 17 heavy (non-hydrogen) atoms. The molecule has 0 heterocycles. The molecule has 0 aliphatic carbocycles. The molecule has 0 aromatic carbocycles. The first kappa shape index (κ1) is 19.3. The van der Waals surface area contributed by atoms with Crippen LogP contribution >= 0.6 is 24.0 Å². The highest BCUT2D eigenvalue weighted by Crippen LogP contribution is 1.91. The summed E-state index contributed by atoms with van der Waals surface area (Å²) in [4.78, 5) is 4.15. The van der Waals surface area contributed by atoms with E-state index in [0.717, 1.165) is 6.61 Å². The summed E-state index contributed by atoms with van der Waals surface area (Å²) in [7, 11) is 1.66. The third-order valence-electron chi connectivity index (χ3n) is 1.78. The highest BCUT2D eigenvalue weighted by atomic mass is 127. The van der Waals surface area contributed by atoms with E-state index in [1.165, 1.54) is 0 Å². The van der Waals surface area contributed by atoms with Crippen molar-refractivity contribution < 1.29 is 9.47 Å². The summed E-state index contributed by atoms with van der Waals surface area (Å²) in [6.07, 6.45) is 0. The molecule has 0 aromatic heterocycles. The molecule has 0 saturated heterocycles. The van der Waals surface area contributed by atoms with Gasteiger partial charge < -0.3 is 20.5 Å². The number of nitrogens with zero attached hydrogens (tertiary/aromatic N) is 1. The van der Waals surface area contributed by atoms with Gasteiger partial charge in [0, 0.05) is 19.8 Å². The van der Waals surface area contributed by atoms with Gasteiger partial charge in [-0.2, -0.15) is 0 Å². The lowest BCUT2D eigenvalue weighted by Gasteiger charge is -2.13. The van der Waals surface area contributed by atoms with E-state index in [2.05, 4.69) is 24.2 Å². The minimum atomic E-state index is 0. The van der Waals surface area contributed by atoms with Crippen molar-refractivity contribution in [2.75, 3.05) is 33.5 Å². The standard InChI is InChI=1S/C11H25N3O2.HI/c1-9(2)7-16-6-5-13-11(12)14-10(3)8-15-4;/h9-10H,5-8H2,1-4H3,(H3,12,13,14);1H. The lowest BCUT2D eigenvalue weighted by atomic mass is 10.2. The van der Waals surface area contributed by atoms with Crippen molar-refractivity contribution in [1.82, 2.24) is 5.32 Å². The summed E-state index contributed by atoms with van der Waals surface area (Å²) in [5.41, 5.74) is 5.67. The molecular formula is C11H26IN3O2. The Balaban J connectivity index is 0. The zero-order chi connectivity index (χ0) is 12.4. The van der Waals surface area contributed by atoms with Crippen LogP contribution in [-0.2, 0) is 9.47 Å². The summed E-state index contributed by atoms with van der Waals surface area (Å²) in [6, 6.07) is 0.172. The molecule has 104 valence electrons. The molecule has 1 atom stereocenters. The second kappa shape index (κ2) is 12.4. The fraction of sp³-hybridized carbons (Fsp3) is 0.909. The van der Waals surface area contributed by atoms with E-state index < -0.39 is 0 Å². The number of methoxy groups -OCH3 is 1. The maximum atomic E-state index is 5.67. The third kappa shape index (κ3) is 13.9. The van der Waals surface area contributed by atoms with Gasteiger partial charge >= 0.3 is 0 Å². The Morgan fingerprint density at radius 2 is 1.94 bits per heavy atom. The minimum absolute atomic E-state index is 0. The number of rotatable bonds is 8. The zero-order valence-corrected chi connectivity index (χ0v) is 13.6. The number of ether oxygens (including phenoxy) is 2. The molecule has 3 N–H and O–H groups in total. The van der Waals surface area contributed by atoms with Crippen molar-refractivity contribution in [2.24, 2.45) is 16.6 Å². The van der Waals surface area contributed by atoms with E-state index in [4.69, 9.17) is 15.2 Å². The number of aliphatic imine (C=N–C) groups is 1. The van der Waals surface area contributed by atoms with E-state index in [1.807, 2.05) is 6.92 Å². The Morgan fingerprint density at radius 3 is 2.47 bits per heavy atom. The van der Waals surface area contributed by atoms with Crippen LogP contribution in [0.15, 0.2) is 4.99 Å². The first-order valence-corrected chi connectivity index (χ1v) is 5.69. The molecule has 0 aliphatic heterocycles. The zero-order valence-electron chi connectivity index (χ0n) is 11.2. The largest absolute Gasteiger partial charge is 0.383 e. The maximum Gasteiger partial charge on any atom is 0.188 e. The molecule has 0 amide bonds. The van der Waals surface area contributed by atoms with Gasteiger partial charge in [0.25, 0.3) is 0 Å². The molecule has 0 saturated carbocycles. The second-order valence-electron chi connectivity index (χ2n) is 4.24. The van der Waals surface area contributed by atoms with Gasteiger partial charge in [-0.25, -0.2) is 0 Å². The molecule has 0 radical (unpaired) electrons. The van der Waals surface area contributed by atoms with Crippen LogP contribution in [0, 0.1) is 5.92 Å². The van der Waals surface area contributed by atoms with Crippen LogP contribution in [-0.4, -0.2) is 45.5 Å². The third-order valence-corrected chi connectivity index (χ3v) is 1.78. The smallest absolute Gasteiger partial charge is 0.188 e. The Morgan fingerprint density at radius 1 is 1.29 bits per heavy atom. The number of guanidine groups is 1. The van der Waals surface area contributed by atoms with Gasteiger partial charge in [-0.05, 0) is 12.8 Å². The average molecular weight is 359 g/mol. The van der Waals surface area contributed by atoms with Crippen molar-refractivity contribution in [3.05, 3.63) is 0 Å². The van der Waals surface area contributed by atoms with E-state index in [9.17, 15) is 0 Å². The Hall–Kier alpha value is -0.0800. The Kier molecular flexibility index (Phi) is 14.0. The van der Waals surface area contributed by atoms with Crippen LogP contribution in [0.5, 0.6) is 0 Å². The fourth-order valence-corrected chi connectivity index (χ4v) is 1.14. The summed E-state index contributed by atoms with van der Waals surface area (Å²) < 4.78 is 10.4. The fourth-order valence-electron chi connectivity index (χ4n) is 1.14. The lowest BCUT2D eigenvalue weighted by Crippen LogP contribution is -2.40. The first-order chi connectivity index (χ1) is 7.56. The van der Waals surface area contributed by atoms with Crippen molar-refractivity contribution >= 4 is 29.9 Å². The van der Waals surface area contributed by atoms with Gasteiger partial charge in [0.2, 0.25) is 0 Å². The molecule has 0 spiro atoms. The topological polar surface area (TPSA) is 68.9 Å². The average Bonchev–Trinajstić information content (AvgIpc) is 2.16. The maximum absolute atomic E-state index is 5.67. The Bertz CT molecular complexity index is 201. The van der Waals surface area contributed by atoms with E-state index in [0.29, 0.717) is 31.6 Å². The SMILES string of the molecule is COCC(C)NC(N)=NCCOCC(C)C.I.